The molecule has 1 saturated heterocycles. The average molecular weight is 292 g/mol. The van der Waals surface area contributed by atoms with Crippen molar-refractivity contribution in [1.82, 2.24) is 20.2 Å². The molecule has 1 aliphatic rings. The van der Waals surface area contributed by atoms with Crippen LogP contribution in [0.4, 0.5) is 0 Å². The summed E-state index contributed by atoms with van der Waals surface area (Å²) in [6, 6.07) is 7.36. The van der Waals surface area contributed by atoms with Crippen LogP contribution >= 0.6 is 11.8 Å². The number of nitrogens with zero attached hydrogens (tertiary/aromatic N) is 4. The Morgan fingerprint density at radius 2 is 2.20 bits per heavy atom. The van der Waals surface area contributed by atoms with E-state index in [1.54, 1.807) is 11.8 Å². The van der Waals surface area contributed by atoms with Gasteiger partial charge in [0.05, 0.1) is 19.4 Å². The van der Waals surface area contributed by atoms with Crippen LogP contribution in [0.3, 0.4) is 0 Å². The minimum atomic E-state index is -0.238. The molecule has 7 nitrogen and oxygen atoms in total. The molecule has 1 aromatic heterocycles. The normalized spacial score (nSPS) is 18.1. The molecule has 1 aromatic carbocycles. The summed E-state index contributed by atoms with van der Waals surface area (Å²) in [5.41, 5.74) is 0.810. The molecular formula is C12H12N4O3S. The van der Waals surface area contributed by atoms with Gasteiger partial charge in [-0.25, -0.2) is 0 Å². The Morgan fingerprint density at radius 3 is 2.85 bits per heavy atom. The van der Waals surface area contributed by atoms with Gasteiger partial charge in [-0.3, -0.25) is 4.79 Å². The Hall–Kier alpha value is -2.09. The molecule has 1 atom stereocenters. The second-order valence-electron chi connectivity index (χ2n) is 4.13. The minimum Gasteiger partial charge on any atom is -0.497 e. The molecule has 20 heavy (non-hydrogen) atoms. The number of methoxy groups -OCH3 is 1. The molecule has 0 bridgehead atoms. The van der Waals surface area contributed by atoms with Crippen LogP contribution in [0.1, 0.15) is 6.42 Å². The van der Waals surface area contributed by atoms with E-state index in [1.165, 1.54) is 11.8 Å². The molecule has 104 valence electrons. The summed E-state index contributed by atoms with van der Waals surface area (Å²) in [4.78, 5) is 11.5. The van der Waals surface area contributed by atoms with Crippen LogP contribution in [0.25, 0.3) is 5.69 Å². The summed E-state index contributed by atoms with van der Waals surface area (Å²) in [6.45, 7) is 0.459. The van der Waals surface area contributed by atoms with Gasteiger partial charge < -0.3 is 9.47 Å². The fourth-order valence-electron chi connectivity index (χ4n) is 1.85. The van der Waals surface area contributed by atoms with Crippen molar-refractivity contribution in [1.29, 1.82) is 0 Å². The number of carbonyl (C=O) groups is 1. The SMILES string of the molecule is COc1ccc(-n2nnnc2SC2CCOC2=O)cc1. The van der Waals surface area contributed by atoms with Crippen molar-refractivity contribution in [2.75, 3.05) is 13.7 Å². The molecule has 2 heterocycles. The predicted octanol–water partition coefficient (Wildman–Crippen LogP) is 1.08. The zero-order valence-electron chi connectivity index (χ0n) is 10.7. The summed E-state index contributed by atoms with van der Waals surface area (Å²) in [6.07, 6.45) is 0.680. The number of rotatable bonds is 4. The second kappa shape index (κ2) is 5.49. The van der Waals surface area contributed by atoms with Gasteiger partial charge in [0.15, 0.2) is 0 Å². The van der Waals surface area contributed by atoms with E-state index in [0.29, 0.717) is 18.2 Å². The van der Waals surface area contributed by atoms with E-state index in [2.05, 4.69) is 15.5 Å². The number of tetrazole rings is 1. The predicted molar refractivity (Wildman–Crippen MR) is 70.9 cm³/mol. The first-order chi connectivity index (χ1) is 9.78. The van der Waals surface area contributed by atoms with Crippen molar-refractivity contribution in [3.63, 3.8) is 0 Å². The van der Waals surface area contributed by atoms with Crippen molar-refractivity contribution in [3.8, 4) is 11.4 Å². The third kappa shape index (κ3) is 2.46. The van der Waals surface area contributed by atoms with Gasteiger partial charge in [-0.1, -0.05) is 11.8 Å². The van der Waals surface area contributed by atoms with Crippen molar-refractivity contribution in [2.24, 2.45) is 0 Å². The smallest absolute Gasteiger partial charge is 0.319 e. The molecule has 0 aliphatic carbocycles. The fourth-order valence-corrected chi connectivity index (χ4v) is 2.81. The van der Waals surface area contributed by atoms with Crippen molar-refractivity contribution in [2.45, 2.75) is 16.8 Å². The maximum atomic E-state index is 11.5. The highest BCUT2D eigenvalue weighted by Crippen LogP contribution is 2.29. The summed E-state index contributed by atoms with van der Waals surface area (Å²) < 4.78 is 11.6. The van der Waals surface area contributed by atoms with Crippen molar-refractivity contribution >= 4 is 17.7 Å². The van der Waals surface area contributed by atoms with E-state index >= 15 is 0 Å². The number of ether oxygens (including phenoxy) is 2. The largest absolute Gasteiger partial charge is 0.497 e. The molecule has 8 heteroatoms. The molecule has 0 amide bonds. The summed E-state index contributed by atoms with van der Waals surface area (Å²) >= 11 is 1.32. The summed E-state index contributed by atoms with van der Waals surface area (Å²) in [5, 5.41) is 11.9. The maximum Gasteiger partial charge on any atom is 0.319 e. The van der Waals surface area contributed by atoms with Crippen LogP contribution in [0.2, 0.25) is 0 Å². The Kier molecular flexibility index (Phi) is 3.55. The minimum absolute atomic E-state index is 0.209. The van der Waals surface area contributed by atoms with Gasteiger partial charge in [0.25, 0.3) is 0 Å². The Labute approximate surface area is 119 Å². The lowest BCUT2D eigenvalue weighted by atomic mass is 10.3. The van der Waals surface area contributed by atoms with Crippen LogP contribution in [0, 0.1) is 0 Å². The number of benzene rings is 1. The first-order valence-electron chi connectivity index (χ1n) is 6.04. The number of carbonyl (C=O) groups excluding carboxylic acids is 1. The standard InChI is InChI=1S/C12H12N4O3S/c1-18-9-4-2-8(3-5-9)16-12(13-14-15-16)20-10-6-7-19-11(10)17/h2-5,10H,6-7H2,1H3. The highest BCUT2D eigenvalue weighted by molar-refractivity contribution is 8.00. The maximum absolute atomic E-state index is 11.5. The monoisotopic (exact) mass is 292 g/mol. The molecule has 1 fully saturated rings. The lowest BCUT2D eigenvalue weighted by Crippen LogP contribution is -2.11. The molecule has 0 spiro atoms. The quantitative estimate of drug-likeness (QED) is 0.780. The Morgan fingerprint density at radius 1 is 1.40 bits per heavy atom. The zero-order valence-corrected chi connectivity index (χ0v) is 11.5. The summed E-state index contributed by atoms with van der Waals surface area (Å²) in [5.74, 6) is 0.551. The number of hydrogen-bond donors (Lipinski definition) is 0. The van der Waals surface area contributed by atoms with Gasteiger partial charge in [0.1, 0.15) is 11.0 Å². The number of esters is 1. The number of aromatic nitrogens is 4. The van der Waals surface area contributed by atoms with Gasteiger partial charge in [0, 0.05) is 6.42 Å². The Balaban J connectivity index is 1.83. The van der Waals surface area contributed by atoms with E-state index in [9.17, 15) is 4.79 Å². The van der Waals surface area contributed by atoms with E-state index in [4.69, 9.17) is 9.47 Å². The van der Waals surface area contributed by atoms with Crippen LogP contribution in [0.15, 0.2) is 29.4 Å². The molecule has 0 saturated carbocycles. The molecule has 3 rings (SSSR count). The van der Waals surface area contributed by atoms with E-state index in [-0.39, 0.29) is 11.2 Å². The second-order valence-corrected chi connectivity index (χ2v) is 5.30. The van der Waals surface area contributed by atoms with Gasteiger partial charge in [-0.15, -0.1) is 5.10 Å². The molecule has 0 radical (unpaired) electrons. The molecule has 2 aromatic rings. The van der Waals surface area contributed by atoms with Gasteiger partial charge in [-0.2, -0.15) is 4.68 Å². The van der Waals surface area contributed by atoms with E-state index in [1.807, 2.05) is 24.3 Å². The molecule has 0 N–H and O–H groups in total. The highest BCUT2D eigenvalue weighted by atomic mass is 32.2. The van der Waals surface area contributed by atoms with Gasteiger partial charge in [0.2, 0.25) is 5.16 Å². The van der Waals surface area contributed by atoms with Crippen LogP contribution in [-0.2, 0) is 9.53 Å². The highest BCUT2D eigenvalue weighted by Gasteiger charge is 2.29. The van der Waals surface area contributed by atoms with E-state index in [0.717, 1.165) is 11.4 Å². The van der Waals surface area contributed by atoms with Crippen LogP contribution < -0.4 is 4.74 Å². The van der Waals surface area contributed by atoms with Gasteiger partial charge >= 0.3 is 5.97 Å². The van der Waals surface area contributed by atoms with E-state index < -0.39 is 0 Å². The molecule has 1 aliphatic heterocycles. The first kappa shape index (κ1) is 12.9. The Bertz CT molecular complexity index is 613. The lowest BCUT2D eigenvalue weighted by molar-refractivity contribution is -0.137. The van der Waals surface area contributed by atoms with Crippen molar-refractivity contribution < 1.29 is 14.3 Å². The fraction of sp³-hybridized carbons (Fsp3) is 0.333. The third-order valence-electron chi connectivity index (χ3n) is 2.89. The number of thioether (sulfide) groups is 1. The number of hydrogen-bond acceptors (Lipinski definition) is 7. The van der Waals surface area contributed by atoms with Crippen LogP contribution in [-0.4, -0.2) is 45.1 Å². The first-order valence-corrected chi connectivity index (χ1v) is 6.92. The third-order valence-corrected chi connectivity index (χ3v) is 4.07. The van der Waals surface area contributed by atoms with Crippen molar-refractivity contribution in [3.05, 3.63) is 24.3 Å². The summed E-state index contributed by atoms with van der Waals surface area (Å²) in [7, 11) is 1.61. The molecule has 1 unspecified atom stereocenters. The average Bonchev–Trinajstić information content (AvgIpc) is 3.09. The number of cyclic esters (lactones) is 1. The zero-order chi connectivity index (χ0) is 13.9. The van der Waals surface area contributed by atoms with Crippen LogP contribution in [0.5, 0.6) is 5.75 Å². The van der Waals surface area contributed by atoms with Gasteiger partial charge in [-0.05, 0) is 34.7 Å². The molecular weight excluding hydrogens is 280 g/mol. The lowest BCUT2D eigenvalue weighted by Gasteiger charge is -2.07. The topological polar surface area (TPSA) is 79.1 Å².